The Kier molecular flexibility index (Phi) is 5.23. The maximum absolute atomic E-state index is 12.6. The fraction of sp³-hybridized carbons (Fsp3) is 0.333. The SMILES string of the molecule is O=[N+]([O-])C1CN(Cc2ccccc2)CC1c1ccccc1OC(F)F. The smallest absolute Gasteiger partial charge is 0.387 e. The summed E-state index contributed by atoms with van der Waals surface area (Å²) in [5.74, 6) is -0.482. The number of hydrogen-bond donors (Lipinski definition) is 0. The van der Waals surface area contributed by atoms with Crippen LogP contribution >= 0.6 is 0 Å². The van der Waals surface area contributed by atoms with E-state index in [2.05, 4.69) is 4.74 Å². The van der Waals surface area contributed by atoms with Crippen molar-refractivity contribution in [3.8, 4) is 5.75 Å². The Morgan fingerprint density at radius 1 is 1.12 bits per heavy atom. The molecule has 1 fully saturated rings. The molecule has 0 radical (unpaired) electrons. The Balaban J connectivity index is 1.83. The van der Waals surface area contributed by atoms with E-state index >= 15 is 0 Å². The second kappa shape index (κ2) is 7.57. The number of nitrogens with zero attached hydrogens (tertiary/aromatic N) is 2. The molecule has 1 heterocycles. The molecular formula is C18H18F2N2O3. The van der Waals surface area contributed by atoms with Crippen LogP contribution in [-0.2, 0) is 6.54 Å². The Morgan fingerprint density at radius 2 is 1.80 bits per heavy atom. The number of nitro groups is 1. The van der Waals surface area contributed by atoms with Gasteiger partial charge >= 0.3 is 6.61 Å². The second-order valence-corrected chi connectivity index (χ2v) is 6.06. The van der Waals surface area contributed by atoms with Crippen LogP contribution in [0.25, 0.3) is 0 Å². The highest BCUT2D eigenvalue weighted by Crippen LogP contribution is 2.36. The van der Waals surface area contributed by atoms with E-state index in [1.54, 1.807) is 18.2 Å². The van der Waals surface area contributed by atoms with Crippen molar-refractivity contribution in [3.05, 3.63) is 75.8 Å². The van der Waals surface area contributed by atoms with Crippen LogP contribution in [0.15, 0.2) is 54.6 Å². The monoisotopic (exact) mass is 348 g/mol. The number of alkyl halides is 2. The van der Waals surface area contributed by atoms with Crippen molar-refractivity contribution in [1.29, 1.82) is 0 Å². The van der Waals surface area contributed by atoms with E-state index in [1.807, 2.05) is 35.2 Å². The highest BCUT2D eigenvalue weighted by molar-refractivity contribution is 5.38. The third-order valence-corrected chi connectivity index (χ3v) is 4.42. The van der Waals surface area contributed by atoms with Gasteiger partial charge in [0.15, 0.2) is 0 Å². The number of hydrogen-bond acceptors (Lipinski definition) is 4. The Labute approximate surface area is 144 Å². The van der Waals surface area contributed by atoms with Crippen molar-refractivity contribution in [2.24, 2.45) is 0 Å². The summed E-state index contributed by atoms with van der Waals surface area (Å²) in [6, 6.07) is 15.1. The highest BCUT2D eigenvalue weighted by Gasteiger charge is 2.43. The summed E-state index contributed by atoms with van der Waals surface area (Å²) < 4.78 is 29.8. The van der Waals surface area contributed by atoms with Gasteiger partial charge in [-0.1, -0.05) is 48.5 Å². The van der Waals surface area contributed by atoms with Crippen molar-refractivity contribution in [3.63, 3.8) is 0 Å². The first-order valence-corrected chi connectivity index (χ1v) is 7.98. The lowest BCUT2D eigenvalue weighted by Crippen LogP contribution is -2.28. The van der Waals surface area contributed by atoms with Gasteiger partial charge in [0.1, 0.15) is 5.75 Å². The minimum atomic E-state index is -2.96. The molecule has 1 saturated heterocycles. The molecule has 0 bridgehead atoms. The van der Waals surface area contributed by atoms with E-state index in [-0.39, 0.29) is 17.2 Å². The molecule has 3 rings (SSSR count). The zero-order valence-electron chi connectivity index (χ0n) is 13.4. The normalized spacial score (nSPS) is 20.8. The van der Waals surface area contributed by atoms with E-state index in [0.29, 0.717) is 18.7 Å². The van der Waals surface area contributed by atoms with Crippen LogP contribution in [0, 0.1) is 10.1 Å². The number of para-hydroxylation sites is 1. The molecule has 5 nitrogen and oxygen atoms in total. The van der Waals surface area contributed by atoms with Crippen molar-refractivity contribution < 1.29 is 18.4 Å². The van der Waals surface area contributed by atoms with Gasteiger partial charge in [-0.15, -0.1) is 0 Å². The van der Waals surface area contributed by atoms with Gasteiger partial charge in [-0.3, -0.25) is 15.0 Å². The summed E-state index contributed by atoms with van der Waals surface area (Å²) in [6.07, 6.45) is 0. The van der Waals surface area contributed by atoms with Gasteiger partial charge in [-0.25, -0.2) is 0 Å². The van der Waals surface area contributed by atoms with Gasteiger partial charge in [-0.2, -0.15) is 8.78 Å². The van der Waals surface area contributed by atoms with E-state index in [0.717, 1.165) is 5.56 Å². The number of ether oxygens (including phenoxy) is 1. The van der Waals surface area contributed by atoms with Gasteiger partial charge in [0.05, 0.1) is 12.5 Å². The minimum Gasteiger partial charge on any atom is -0.435 e. The minimum absolute atomic E-state index is 0.0101. The fourth-order valence-electron chi connectivity index (χ4n) is 3.35. The molecule has 0 aliphatic carbocycles. The molecule has 1 aliphatic heterocycles. The number of halogens is 2. The van der Waals surface area contributed by atoms with Crippen molar-refractivity contribution in [2.75, 3.05) is 13.1 Å². The largest absolute Gasteiger partial charge is 0.435 e. The maximum Gasteiger partial charge on any atom is 0.387 e. The quantitative estimate of drug-likeness (QED) is 0.592. The summed E-state index contributed by atoms with van der Waals surface area (Å²) in [7, 11) is 0. The van der Waals surface area contributed by atoms with E-state index < -0.39 is 18.6 Å². The van der Waals surface area contributed by atoms with E-state index in [1.165, 1.54) is 6.07 Å². The Bertz CT molecular complexity index is 727. The first-order valence-electron chi connectivity index (χ1n) is 7.98. The lowest BCUT2D eigenvalue weighted by Gasteiger charge is -2.17. The van der Waals surface area contributed by atoms with Gasteiger partial charge in [0.25, 0.3) is 0 Å². The van der Waals surface area contributed by atoms with Crippen LogP contribution in [-0.4, -0.2) is 35.6 Å². The summed E-state index contributed by atoms with van der Waals surface area (Å²) in [6.45, 7) is -1.68. The average molecular weight is 348 g/mol. The molecule has 0 saturated carbocycles. The van der Waals surface area contributed by atoms with Crippen LogP contribution in [0.5, 0.6) is 5.75 Å². The second-order valence-electron chi connectivity index (χ2n) is 6.06. The number of rotatable bonds is 6. The van der Waals surface area contributed by atoms with E-state index in [9.17, 15) is 18.9 Å². The van der Waals surface area contributed by atoms with Gasteiger partial charge in [-0.05, 0) is 11.6 Å². The predicted molar refractivity (Wildman–Crippen MR) is 88.3 cm³/mol. The standard InChI is InChI=1S/C18H18F2N2O3/c19-18(20)25-17-9-5-4-8-14(17)15-11-21(12-16(15)22(23)24)10-13-6-2-1-3-7-13/h1-9,15-16,18H,10-12H2. The van der Waals surface area contributed by atoms with Gasteiger partial charge < -0.3 is 4.74 Å². The molecule has 2 aromatic carbocycles. The van der Waals surface area contributed by atoms with Gasteiger partial charge in [0.2, 0.25) is 6.04 Å². The van der Waals surface area contributed by atoms with Crippen LogP contribution in [0.2, 0.25) is 0 Å². The molecule has 1 aliphatic rings. The summed E-state index contributed by atoms with van der Waals surface area (Å²) >= 11 is 0. The third kappa shape index (κ3) is 4.11. The van der Waals surface area contributed by atoms with Crippen LogP contribution < -0.4 is 4.74 Å². The average Bonchev–Trinajstić information content (AvgIpc) is 2.99. The topological polar surface area (TPSA) is 55.6 Å². The molecule has 2 unspecified atom stereocenters. The molecule has 7 heteroatoms. The third-order valence-electron chi connectivity index (χ3n) is 4.42. The maximum atomic E-state index is 12.6. The number of benzene rings is 2. The highest BCUT2D eigenvalue weighted by atomic mass is 19.3. The first-order chi connectivity index (χ1) is 12.0. The van der Waals surface area contributed by atoms with Crippen molar-refractivity contribution >= 4 is 0 Å². The first kappa shape index (κ1) is 17.3. The van der Waals surface area contributed by atoms with Gasteiger partial charge in [0, 0.05) is 23.6 Å². The molecule has 2 atom stereocenters. The molecule has 132 valence electrons. The lowest BCUT2D eigenvalue weighted by atomic mass is 9.94. The molecule has 0 aromatic heterocycles. The molecule has 0 spiro atoms. The zero-order valence-corrected chi connectivity index (χ0v) is 13.4. The summed E-state index contributed by atoms with van der Waals surface area (Å²) in [4.78, 5) is 13.2. The zero-order chi connectivity index (χ0) is 17.8. The predicted octanol–water partition coefficient (Wildman–Crippen LogP) is 3.53. The molecule has 0 N–H and O–H groups in total. The molecule has 25 heavy (non-hydrogen) atoms. The summed E-state index contributed by atoms with van der Waals surface area (Å²) in [5.41, 5.74) is 1.52. The molecule has 0 amide bonds. The lowest BCUT2D eigenvalue weighted by molar-refractivity contribution is -0.521. The Hall–Kier alpha value is -2.54. The van der Waals surface area contributed by atoms with Crippen LogP contribution in [0.4, 0.5) is 8.78 Å². The fourth-order valence-corrected chi connectivity index (χ4v) is 3.35. The van der Waals surface area contributed by atoms with Crippen LogP contribution in [0.1, 0.15) is 17.0 Å². The number of likely N-dealkylation sites (tertiary alicyclic amines) is 1. The molecular weight excluding hydrogens is 330 g/mol. The van der Waals surface area contributed by atoms with Crippen molar-refractivity contribution in [1.82, 2.24) is 4.90 Å². The Morgan fingerprint density at radius 3 is 2.48 bits per heavy atom. The van der Waals surface area contributed by atoms with Crippen molar-refractivity contribution in [2.45, 2.75) is 25.1 Å². The summed E-state index contributed by atoms with van der Waals surface area (Å²) in [5, 5.41) is 11.5. The molecule has 2 aromatic rings. The van der Waals surface area contributed by atoms with E-state index in [4.69, 9.17) is 0 Å². The van der Waals surface area contributed by atoms with Crippen LogP contribution in [0.3, 0.4) is 0 Å².